The average Bonchev–Trinajstić information content (AvgIpc) is 3.42. The van der Waals surface area contributed by atoms with Gasteiger partial charge in [-0.1, -0.05) is 30.3 Å². The Bertz CT molecular complexity index is 979. The zero-order valence-electron chi connectivity index (χ0n) is 14.6. The Morgan fingerprint density at radius 1 is 1.04 bits per heavy atom. The van der Waals surface area contributed by atoms with Crippen molar-refractivity contribution in [2.24, 2.45) is 0 Å². The summed E-state index contributed by atoms with van der Waals surface area (Å²) in [6.07, 6.45) is 8.37. The van der Waals surface area contributed by atoms with E-state index >= 15 is 0 Å². The fourth-order valence-corrected chi connectivity index (χ4v) is 2.84. The number of rotatable bonds is 6. The molecule has 0 saturated heterocycles. The first kappa shape index (κ1) is 16.8. The molecule has 3 heterocycles. The van der Waals surface area contributed by atoms with Crippen molar-refractivity contribution in [2.75, 3.05) is 0 Å². The molecule has 0 radical (unpaired) electrons. The van der Waals surface area contributed by atoms with Gasteiger partial charge in [0, 0.05) is 25.1 Å². The molecule has 0 fully saturated rings. The van der Waals surface area contributed by atoms with Gasteiger partial charge in [0.05, 0.1) is 18.4 Å². The monoisotopic (exact) mass is 358 g/mol. The van der Waals surface area contributed by atoms with E-state index in [1.807, 2.05) is 54.7 Å². The summed E-state index contributed by atoms with van der Waals surface area (Å²) in [4.78, 5) is 23.2. The second-order valence-electron chi connectivity index (χ2n) is 6.10. The molecule has 0 aliphatic heterocycles. The lowest BCUT2D eigenvalue weighted by atomic mass is 10.1. The van der Waals surface area contributed by atoms with E-state index in [0.717, 1.165) is 11.3 Å². The van der Waals surface area contributed by atoms with Crippen molar-refractivity contribution in [3.05, 3.63) is 103 Å². The number of carbonyl (C=O) groups excluding carboxylic acids is 1. The van der Waals surface area contributed by atoms with Gasteiger partial charge in [0.2, 0.25) is 0 Å². The van der Waals surface area contributed by atoms with Crippen LogP contribution in [0.5, 0.6) is 0 Å². The van der Waals surface area contributed by atoms with Crippen LogP contribution in [0.25, 0.3) is 5.82 Å². The van der Waals surface area contributed by atoms with Gasteiger partial charge in [0.25, 0.3) is 5.91 Å². The summed E-state index contributed by atoms with van der Waals surface area (Å²) in [5.41, 5.74) is 1.58. The van der Waals surface area contributed by atoms with Crippen molar-refractivity contribution in [2.45, 2.75) is 13.1 Å². The molecule has 1 amide bonds. The van der Waals surface area contributed by atoms with Crippen LogP contribution in [0.1, 0.15) is 21.7 Å². The number of aromatic nitrogens is 3. The lowest BCUT2D eigenvalue weighted by molar-refractivity contribution is 0.0717. The third-order valence-corrected chi connectivity index (χ3v) is 4.19. The van der Waals surface area contributed by atoms with Crippen molar-refractivity contribution in [1.29, 1.82) is 0 Å². The average molecular weight is 358 g/mol. The first-order valence-electron chi connectivity index (χ1n) is 8.59. The number of hydrogen-bond acceptors (Lipinski definition) is 4. The second-order valence-corrected chi connectivity index (χ2v) is 6.10. The van der Waals surface area contributed by atoms with Gasteiger partial charge in [-0.3, -0.25) is 9.36 Å². The third kappa shape index (κ3) is 3.95. The summed E-state index contributed by atoms with van der Waals surface area (Å²) in [5, 5.41) is 0. The molecule has 4 aromatic rings. The maximum absolute atomic E-state index is 13.1. The first-order valence-corrected chi connectivity index (χ1v) is 8.59. The molecule has 134 valence electrons. The molecule has 27 heavy (non-hydrogen) atoms. The predicted molar refractivity (Wildman–Crippen MR) is 100 cm³/mol. The highest BCUT2D eigenvalue weighted by atomic mass is 16.3. The predicted octanol–water partition coefficient (Wildman–Crippen LogP) is 3.70. The Labute approximate surface area is 156 Å². The van der Waals surface area contributed by atoms with E-state index in [2.05, 4.69) is 9.97 Å². The van der Waals surface area contributed by atoms with Gasteiger partial charge in [-0.25, -0.2) is 9.97 Å². The fourth-order valence-electron chi connectivity index (χ4n) is 2.84. The maximum atomic E-state index is 13.1. The molecule has 4 rings (SSSR count). The first-order chi connectivity index (χ1) is 13.3. The molecule has 0 saturated carbocycles. The highest BCUT2D eigenvalue weighted by molar-refractivity contribution is 5.94. The van der Waals surface area contributed by atoms with Crippen molar-refractivity contribution in [1.82, 2.24) is 19.4 Å². The number of benzene rings is 1. The van der Waals surface area contributed by atoms with E-state index < -0.39 is 0 Å². The molecule has 3 aromatic heterocycles. The van der Waals surface area contributed by atoms with Crippen LogP contribution in [-0.2, 0) is 13.1 Å². The molecule has 0 aliphatic carbocycles. The van der Waals surface area contributed by atoms with E-state index in [1.54, 1.807) is 40.5 Å². The summed E-state index contributed by atoms with van der Waals surface area (Å²) in [6, 6.07) is 17.2. The largest absolute Gasteiger partial charge is 0.467 e. The summed E-state index contributed by atoms with van der Waals surface area (Å²) >= 11 is 0. The van der Waals surface area contributed by atoms with Crippen LogP contribution in [0.4, 0.5) is 0 Å². The second kappa shape index (κ2) is 7.70. The number of nitrogens with zero attached hydrogens (tertiary/aromatic N) is 4. The van der Waals surface area contributed by atoms with Gasteiger partial charge in [-0.05, 0) is 29.8 Å². The number of hydrogen-bond donors (Lipinski definition) is 0. The van der Waals surface area contributed by atoms with E-state index in [1.165, 1.54) is 0 Å². The van der Waals surface area contributed by atoms with Gasteiger partial charge in [-0.15, -0.1) is 0 Å². The van der Waals surface area contributed by atoms with Crippen LogP contribution in [0.2, 0.25) is 0 Å². The minimum Gasteiger partial charge on any atom is -0.467 e. The van der Waals surface area contributed by atoms with Gasteiger partial charge < -0.3 is 9.32 Å². The molecule has 1 aromatic carbocycles. The zero-order valence-corrected chi connectivity index (χ0v) is 14.6. The van der Waals surface area contributed by atoms with Gasteiger partial charge in [0.1, 0.15) is 17.9 Å². The van der Waals surface area contributed by atoms with Crippen LogP contribution < -0.4 is 0 Å². The smallest absolute Gasteiger partial charge is 0.256 e. The van der Waals surface area contributed by atoms with Gasteiger partial charge in [-0.2, -0.15) is 0 Å². The highest BCUT2D eigenvalue weighted by Crippen LogP contribution is 2.15. The molecular weight excluding hydrogens is 340 g/mol. The topological polar surface area (TPSA) is 64.2 Å². The lowest BCUT2D eigenvalue weighted by Gasteiger charge is -2.22. The van der Waals surface area contributed by atoms with Crippen LogP contribution in [0, 0.1) is 0 Å². The van der Waals surface area contributed by atoms with Crippen LogP contribution in [0.15, 0.2) is 90.2 Å². The Morgan fingerprint density at radius 2 is 1.93 bits per heavy atom. The van der Waals surface area contributed by atoms with Crippen LogP contribution >= 0.6 is 0 Å². The molecule has 0 unspecified atom stereocenters. The van der Waals surface area contributed by atoms with E-state index in [-0.39, 0.29) is 5.91 Å². The lowest BCUT2D eigenvalue weighted by Crippen LogP contribution is -2.30. The molecule has 0 N–H and O–H groups in total. The minimum absolute atomic E-state index is 0.0973. The SMILES string of the molecule is O=C(c1ccc(-n2ccnc2)nc1)N(Cc1ccccc1)Cc1ccco1. The number of carbonyl (C=O) groups is 1. The minimum atomic E-state index is -0.0973. The maximum Gasteiger partial charge on any atom is 0.256 e. The Morgan fingerprint density at radius 3 is 2.59 bits per heavy atom. The number of furan rings is 1. The van der Waals surface area contributed by atoms with Crippen molar-refractivity contribution in [3.63, 3.8) is 0 Å². The van der Waals surface area contributed by atoms with Crippen molar-refractivity contribution < 1.29 is 9.21 Å². The van der Waals surface area contributed by atoms with Crippen LogP contribution in [0.3, 0.4) is 0 Å². The summed E-state index contributed by atoms with van der Waals surface area (Å²) in [6.45, 7) is 0.883. The quantitative estimate of drug-likeness (QED) is 0.527. The Kier molecular flexibility index (Phi) is 4.78. The molecule has 0 atom stereocenters. The molecule has 6 heteroatoms. The van der Waals surface area contributed by atoms with E-state index in [9.17, 15) is 4.79 Å². The summed E-state index contributed by atoms with van der Waals surface area (Å²) in [5.74, 6) is 1.35. The zero-order chi connectivity index (χ0) is 18.5. The van der Waals surface area contributed by atoms with Gasteiger partial charge >= 0.3 is 0 Å². The van der Waals surface area contributed by atoms with Crippen molar-refractivity contribution in [3.8, 4) is 5.82 Å². The molecule has 0 spiro atoms. The summed E-state index contributed by atoms with van der Waals surface area (Å²) in [7, 11) is 0. The number of amides is 1. The fraction of sp³-hybridized carbons (Fsp3) is 0.0952. The molecule has 6 nitrogen and oxygen atoms in total. The molecular formula is C21H18N4O2. The number of pyridine rings is 1. The van der Waals surface area contributed by atoms with Crippen LogP contribution in [-0.4, -0.2) is 25.3 Å². The van der Waals surface area contributed by atoms with E-state index in [0.29, 0.717) is 24.5 Å². The van der Waals surface area contributed by atoms with Gasteiger partial charge in [0.15, 0.2) is 0 Å². The Hall–Kier alpha value is -3.67. The van der Waals surface area contributed by atoms with Crippen molar-refractivity contribution >= 4 is 5.91 Å². The summed E-state index contributed by atoms with van der Waals surface area (Å²) < 4.78 is 7.23. The Balaban J connectivity index is 1.57. The van der Waals surface area contributed by atoms with E-state index in [4.69, 9.17) is 4.42 Å². The number of imidazole rings is 1. The standard InChI is InChI=1S/C21H18N4O2/c26-21(18-8-9-20(23-13-18)24-11-10-22-16-24)25(15-19-7-4-12-27-19)14-17-5-2-1-3-6-17/h1-13,16H,14-15H2. The molecule has 0 bridgehead atoms. The molecule has 0 aliphatic rings. The normalized spacial score (nSPS) is 10.7. The highest BCUT2D eigenvalue weighted by Gasteiger charge is 2.18. The third-order valence-electron chi connectivity index (χ3n) is 4.19.